The second-order valence-corrected chi connectivity index (χ2v) is 5.53. The van der Waals surface area contributed by atoms with Crippen molar-refractivity contribution < 1.29 is 13.6 Å². The molecule has 0 saturated carbocycles. The summed E-state index contributed by atoms with van der Waals surface area (Å²) in [4.78, 5) is 13.7. The highest BCUT2D eigenvalue weighted by Crippen LogP contribution is 2.26. The van der Waals surface area contributed by atoms with Crippen LogP contribution in [0, 0.1) is 12.7 Å². The molecule has 1 saturated heterocycles. The van der Waals surface area contributed by atoms with Gasteiger partial charge in [-0.3, -0.25) is 4.79 Å². The monoisotopic (exact) mass is 315 g/mol. The van der Waals surface area contributed by atoms with E-state index in [1.54, 1.807) is 12.1 Å². The van der Waals surface area contributed by atoms with Crippen LogP contribution in [0.5, 0.6) is 0 Å². The number of halogens is 1. The maximum Gasteiger partial charge on any atom is 0.307 e. The Hall–Kier alpha value is -2.63. The molecule has 1 fully saturated rings. The van der Waals surface area contributed by atoms with Gasteiger partial charge in [0.1, 0.15) is 5.82 Å². The van der Waals surface area contributed by atoms with Crippen molar-refractivity contribution in [2.45, 2.75) is 19.8 Å². The quantitative estimate of drug-likeness (QED) is 0.697. The number of nitrogens with one attached hydrogen (secondary N) is 1. The van der Waals surface area contributed by atoms with Crippen molar-refractivity contribution in [3.63, 3.8) is 0 Å². The average Bonchev–Trinajstić information content (AvgIpc) is 3.22. The van der Waals surface area contributed by atoms with E-state index in [-0.39, 0.29) is 11.6 Å². The summed E-state index contributed by atoms with van der Waals surface area (Å²) < 4.78 is 19.2. The molecule has 3 rings (SSSR count). The summed E-state index contributed by atoms with van der Waals surface area (Å²) in [5.74, 6) is -0.538. The van der Waals surface area contributed by atoms with Gasteiger partial charge in [0.25, 0.3) is 0 Å². The van der Waals surface area contributed by atoms with E-state index in [0.29, 0.717) is 11.3 Å². The van der Waals surface area contributed by atoms with Gasteiger partial charge in [0.2, 0.25) is 0 Å². The summed E-state index contributed by atoms with van der Waals surface area (Å²) in [6.45, 7) is 3.68. The number of benzene rings is 1. The van der Waals surface area contributed by atoms with Gasteiger partial charge in [0.05, 0.1) is 18.2 Å². The zero-order chi connectivity index (χ0) is 16.2. The van der Waals surface area contributed by atoms with E-state index >= 15 is 0 Å². The number of carbonyl (C=O) groups is 1. The van der Waals surface area contributed by atoms with Crippen LogP contribution in [-0.2, 0) is 0 Å². The van der Waals surface area contributed by atoms with Crippen LogP contribution in [0.3, 0.4) is 0 Å². The van der Waals surface area contributed by atoms with E-state index < -0.39 is 5.91 Å². The fourth-order valence-corrected chi connectivity index (χ4v) is 2.64. The second-order valence-electron chi connectivity index (χ2n) is 5.53. The van der Waals surface area contributed by atoms with Crippen LogP contribution in [0.15, 0.2) is 40.0 Å². The lowest BCUT2D eigenvalue weighted by Gasteiger charge is -2.19. The Balaban J connectivity index is 1.71. The Morgan fingerprint density at radius 3 is 2.87 bits per heavy atom. The number of nitrogens with zero attached hydrogens (tertiary/aromatic N) is 2. The molecule has 0 unspecified atom stereocenters. The van der Waals surface area contributed by atoms with Gasteiger partial charge < -0.3 is 9.32 Å². The fraction of sp³-hybridized carbons (Fsp3) is 0.294. The number of hydrogen-bond acceptors (Lipinski definition) is 4. The van der Waals surface area contributed by atoms with E-state index in [1.165, 1.54) is 18.5 Å². The van der Waals surface area contributed by atoms with Crippen molar-refractivity contribution in [2.75, 3.05) is 18.0 Å². The Morgan fingerprint density at radius 1 is 1.39 bits per heavy atom. The number of amides is 1. The molecule has 1 N–H and O–H groups in total. The molecular weight excluding hydrogens is 297 g/mol. The van der Waals surface area contributed by atoms with Gasteiger partial charge in [-0.05, 0) is 49.6 Å². The molecule has 0 aliphatic carbocycles. The predicted molar refractivity (Wildman–Crippen MR) is 86.4 cm³/mol. The molecular formula is C17H18FN3O2. The topological polar surface area (TPSA) is 57.8 Å². The first kappa shape index (κ1) is 15.3. The summed E-state index contributed by atoms with van der Waals surface area (Å²) in [7, 11) is 0. The normalized spacial score (nSPS) is 14.6. The van der Waals surface area contributed by atoms with Crippen LogP contribution < -0.4 is 10.3 Å². The van der Waals surface area contributed by atoms with Crippen LogP contribution in [0.25, 0.3) is 0 Å². The third-order valence-corrected chi connectivity index (χ3v) is 3.90. The summed E-state index contributed by atoms with van der Waals surface area (Å²) in [6, 6.07) is 6.44. The van der Waals surface area contributed by atoms with E-state index in [2.05, 4.69) is 15.4 Å². The van der Waals surface area contributed by atoms with E-state index in [4.69, 9.17) is 4.42 Å². The number of carbonyl (C=O) groups excluding carboxylic acids is 1. The van der Waals surface area contributed by atoms with Crippen molar-refractivity contribution in [1.29, 1.82) is 0 Å². The van der Waals surface area contributed by atoms with Crippen molar-refractivity contribution in [3.8, 4) is 0 Å². The SMILES string of the molecule is Cc1cc(N2CCCC2)c(F)cc1C=NNC(=O)c1ccco1. The van der Waals surface area contributed by atoms with E-state index in [1.807, 2.05) is 13.0 Å². The maximum atomic E-state index is 14.3. The number of hydrazone groups is 1. The lowest BCUT2D eigenvalue weighted by atomic mass is 10.1. The first-order valence-electron chi connectivity index (χ1n) is 7.57. The third kappa shape index (κ3) is 3.41. The van der Waals surface area contributed by atoms with Gasteiger partial charge in [-0.25, -0.2) is 9.82 Å². The first-order chi connectivity index (χ1) is 11.1. The van der Waals surface area contributed by atoms with Crippen LogP contribution in [-0.4, -0.2) is 25.2 Å². The lowest BCUT2D eigenvalue weighted by Crippen LogP contribution is -2.19. The molecule has 2 aromatic rings. The molecule has 1 aliphatic heterocycles. The average molecular weight is 315 g/mol. The smallest absolute Gasteiger partial charge is 0.307 e. The zero-order valence-electron chi connectivity index (χ0n) is 12.9. The molecule has 23 heavy (non-hydrogen) atoms. The van der Waals surface area contributed by atoms with Crippen molar-refractivity contribution in [1.82, 2.24) is 5.43 Å². The largest absolute Gasteiger partial charge is 0.459 e. The highest BCUT2D eigenvalue weighted by atomic mass is 19.1. The zero-order valence-corrected chi connectivity index (χ0v) is 12.9. The number of aryl methyl sites for hydroxylation is 1. The minimum absolute atomic E-state index is 0.175. The Kier molecular flexibility index (Phi) is 4.41. The molecule has 0 spiro atoms. The fourth-order valence-electron chi connectivity index (χ4n) is 2.64. The van der Waals surface area contributed by atoms with Crippen LogP contribution in [0.2, 0.25) is 0 Å². The first-order valence-corrected chi connectivity index (χ1v) is 7.57. The van der Waals surface area contributed by atoms with Crippen molar-refractivity contribution in [2.24, 2.45) is 5.10 Å². The van der Waals surface area contributed by atoms with Gasteiger partial charge in [0.15, 0.2) is 5.76 Å². The molecule has 6 heteroatoms. The van der Waals surface area contributed by atoms with E-state index in [9.17, 15) is 9.18 Å². The van der Waals surface area contributed by atoms with Gasteiger partial charge in [-0.2, -0.15) is 5.10 Å². The third-order valence-electron chi connectivity index (χ3n) is 3.90. The molecule has 0 bridgehead atoms. The Labute approximate surface area is 133 Å². The van der Waals surface area contributed by atoms with Gasteiger partial charge in [-0.15, -0.1) is 0 Å². The molecule has 5 nitrogen and oxygen atoms in total. The van der Waals surface area contributed by atoms with Crippen LogP contribution in [0.4, 0.5) is 10.1 Å². The minimum Gasteiger partial charge on any atom is -0.459 e. The number of rotatable bonds is 4. The van der Waals surface area contributed by atoms with Crippen LogP contribution >= 0.6 is 0 Å². The number of anilines is 1. The summed E-state index contributed by atoms with van der Waals surface area (Å²) in [5, 5.41) is 3.86. The minimum atomic E-state index is -0.446. The highest BCUT2D eigenvalue weighted by molar-refractivity contribution is 5.92. The number of hydrogen-bond donors (Lipinski definition) is 1. The molecule has 2 heterocycles. The highest BCUT2D eigenvalue weighted by Gasteiger charge is 2.17. The van der Waals surface area contributed by atoms with Gasteiger partial charge in [0, 0.05) is 18.7 Å². The van der Waals surface area contributed by atoms with Crippen LogP contribution in [0.1, 0.15) is 34.5 Å². The van der Waals surface area contributed by atoms with Crippen molar-refractivity contribution in [3.05, 3.63) is 53.2 Å². The van der Waals surface area contributed by atoms with Crippen molar-refractivity contribution >= 4 is 17.8 Å². The Bertz CT molecular complexity index is 720. The van der Waals surface area contributed by atoms with Gasteiger partial charge >= 0.3 is 5.91 Å². The lowest BCUT2D eigenvalue weighted by molar-refractivity contribution is 0.0927. The molecule has 1 aliphatic rings. The van der Waals surface area contributed by atoms with E-state index in [0.717, 1.165) is 31.5 Å². The second kappa shape index (κ2) is 6.64. The number of furan rings is 1. The molecule has 1 amide bonds. The molecule has 1 aromatic heterocycles. The summed E-state index contributed by atoms with van der Waals surface area (Å²) in [6.07, 6.45) is 5.04. The van der Waals surface area contributed by atoms with Gasteiger partial charge in [-0.1, -0.05) is 0 Å². The molecule has 0 atom stereocenters. The molecule has 120 valence electrons. The summed E-state index contributed by atoms with van der Waals surface area (Å²) >= 11 is 0. The summed E-state index contributed by atoms with van der Waals surface area (Å²) in [5.41, 5.74) is 4.53. The molecule has 0 radical (unpaired) electrons. The standard InChI is InChI=1S/C17H18FN3O2/c1-12-9-15(21-6-2-3-7-21)14(18)10-13(12)11-19-20-17(22)16-5-4-8-23-16/h4-5,8-11H,2-3,6-7H2,1H3,(H,20,22). The molecule has 1 aromatic carbocycles. The maximum absolute atomic E-state index is 14.3. The predicted octanol–water partition coefficient (Wildman–Crippen LogP) is 3.09. The Morgan fingerprint density at radius 2 is 2.17 bits per heavy atom.